The van der Waals surface area contributed by atoms with Crippen molar-refractivity contribution in [2.75, 3.05) is 13.7 Å². The fraction of sp³-hybridized carbons (Fsp3) is 0.176. The number of rotatable bonds is 6. The van der Waals surface area contributed by atoms with Crippen LogP contribution < -0.4 is 4.74 Å². The number of carbonyl (C=O) groups excluding carboxylic acids is 2. The molecule has 0 saturated carbocycles. The lowest BCUT2D eigenvalue weighted by Crippen LogP contribution is -2.15. The SMILES string of the molecule is COc1ccccc1C(=O)OCC(=O)c1ccc(C)c([N+](=O)[O-])c1. The summed E-state index contributed by atoms with van der Waals surface area (Å²) < 4.78 is 10.0. The maximum Gasteiger partial charge on any atom is 0.342 e. The first-order valence-corrected chi connectivity index (χ1v) is 7.02. The number of Topliss-reactive ketones (excluding diaryl/α,β-unsaturated/α-hetero) is 1. The quantitative estimate of drug-likeness (QED) is 0.350. The topological polar surface area (TPSA) is 95.7 Å². The summed E-state index contributed by atoms with van der Waals surface area (Å²) in [6.07, 6.45) is 0. The Labute approximate surface area is 138 Å². The van der Waals surface area contributed by atoms with E-state index in [4.69, 9.17) is 9.47 Å². The summed E-state index contributed by atoms with van der Waals surface area (Å²) in [5, 5.41) is 10.9. The first-order valence-electron chi connectivity index (χ1n) is 7.02. The monoisotopic (exact) mass is 329 g/mol. The van der Waals surface area contributed by atoms with E-state index in [0.717, 1.165) is 0 Å². The van der Waals surface area contributed by atoms with Gasteiger partial charge in [-0.25, -0.2) is 4.79 Å². The zero-order valence-electron chi connectivity index (χ0n) is 13.1. The zero-order chi connectivity index (χ0) is 17.7. The molecule has 7 nitrogen and oxygen atoms in total. The summed E-state index contributed by atoms with van der Waals surface area (Å²) in [4.78, 5) is 34.5. The summed E-state index contributed by atoms with van der Waals surface area (Å²) in [5.74, 6) is -0.898. The molecule has 0 N–H and O–H groups in total. The van der Waals surface area contributed by atoms with Crippen molar-refractivity contribution in [1.82, 2.24) is 0 Å². The van der Waals surface area contributed by atoms with E-state index in [1.165, 1.54) is 31.4 Å². The van der Waals surface area contributed by atoms with Gasteiger partial charge in [0.2, 0.25) is 5.78 Å². The van der Waals surface area contributed by atoms with E-state index >= 15 is 0 Å². The van der Waals surface area contributed by atoms with Crippen LogP contribution in [0.1, 0.15) is 26.3 Å². The molecule has 24 heavy (non-hydrogen) atoms. The van der Waals surface area contributed by atoms with Crippen LogP contribution in [-0.2, 0) is 4.74 Å². The van der Waals surface area contributed by atoms with Crippen molar-refractivity contribution < 1.29 is 24.0 Å². The lowest BCUT2D eigenvalue weighted by atomic mass is 10.1. The first kappa shape index (κ1) is 17.1. The predicted molar refractivity (Wildman–Crippen MR) is 85.4 cm³/mol. The fourth-order valence-electron chi connectivity index (χ4n) is 2.08. The van der Waals surface area contributed by atoms with Crippen molar-refractivity contribution in [3.63, 3.8) is 0 Å². The number of ketones is 1. The van der Waals surface area contributed by atoms with Crippen LogP contribution in [0, 0.1) is 17.0 Å². The van der Waals surface area contributed by atoms with E-state index in [1.807, 2.05) is 0 Å². The smallest absolute Gasteiger partial charge is 0.342 e. The van der Waals surface area contributed by atoms with E-state index in [-0.39, 0.29) is 16.8 Å². The van der Waals surface area contributed by atoms with Gasteiger partial charge in [0.1, 0.15) is 11.3 Å². The lowest BCUT2D eigenvalue weighted by Gasteiger charge is -2.08. The molecule has 2 aromatic carbocycles. The van der Waals surface area contributed by atoms with Crippen LogP contribution >= 0.6 is 0 Å². The van der Waals surface area contributed by atoms with E-state index in [2.05, 4.69) is 0 Å². The van der Waals surface area contributed by atoms with Gasteiger partial charge in [0, 0.05) is 17.2 Å². The number of aryl methyl sites for hydroxylation is 1. The van der Waals surface area contributed by atoms with Gasteiger partial charge in [-0.3, -0.25) is 14.9 Å². The lowest BCUT2D eigenvalue weighted by molar-refractivity contribution is -0.385. The Morgan fingerprint density at radius 3 is 2.54 bits per heavy atom. The molecule has 0 heterocycles. The molecule has 0 unspecified atom stereocenters. The third-order valence-electron chi connectivity index (χ3n) is 3.39. The van der Waals surface area contributed by atoms with Crippen LogP contribution in [0.4, 0.5) is 5.69 Å². The molecule has 2 rings (SSSR count). The number of nitro benzene ring substituents is 1. The molecule has 0 bridgehead atoms. The van der Waals surface area contributed by atoms with Gasteiger partial charge in [-0.15, -0.1) is 0 Å². The molecule has 0 aliphatic rings. The van der Waals surface area contributed by atoms with Gasteiger partial charge >= 0.3 is 5.97 Å². The Morgan fingerprint density at radius 1 is 1.17 bits per heavy atom. The average Bonchev–Trinajstić information content (AvgIpc) is 2.59. The number of hydrogen-bond donors (Lipinski definition) is 0. The third kappa shape index (κ3) is 3.75. The van der Waals surface area contributed by atoms with Crippen LogP contribution in [0.5, 0.6) is 5.75 Å². The Kier molecular flexibility index (Phi) is 5.26. The standard InChI is InChI=1S/C17H15NO6/c1-11-7-8-12(9-14(11)18(21)22)15(19)10-24-17(20)13-5-3-4-6-16(13)23-2/h3-9H,10H2,1-2H3. The van der Waals surface area contributed by atoms with Crippen LogP contribution in [-0.4, -0.2) is 30.4 Å². The molecule has 124 valence electrons. The fourth-order valence-corrected chi connectivity index (χ4v) is 2.08. The average molecular weight is 329 g/mol. The summed E-state index contributed by atoms with van der Waals surface area (Å²) in [6.45, 7) is 1.06. The van der Waals surface area contributed by atoms with Gasteiger partial charge in [0.25, 0.3) is 5.69 Å². The molecular weight excluding hydrogens is 314 g/mol. The van der Waals surface area contributed by atoms with Crippen molar-refractivity contribution in [2.45, 2.75) is 6.92 Å². The molecule has 0 radical (unpaired) electrons. The molecule has 0 atom stereocenters. The number of nitrogens with zero attached hydrogens (tertiary/aromatic N) is 1. The van der Waals surface area contributed by atoms with Crippen LogP contribution in [0.15, 0.2) is 42.5 Å². The second-order valence-electron chi connectivity index (χ2n) is 4.96. The highest BCUT2D eigenvalue weighted by atomic mass is 16.6. The van der Waals surface area contributed by atoms with E-state index in [9.17, 15) is 19.7 Å². The number of esters is 1. The minimum absolute atomic E-state index is 0.111. The predicted octanol–water partition coefficient (Wildman–Crippen LogP) is 2.95. The van der Waals surface area contributed by atoms with Crippen LogP contribution in [0.3, 0.4) is 0 Å². The van der Waals surface area contributed by atoms with Crippen molar-refractivity contribution in [2.24, 2.45) is 0 Å². The van der Waals surface area contributed by atoms with Gasteiger partial charge in [0.15, 0.2) is 6.61 Å². The summed E-state index contributed by atoms with van der Waals surface area (Å²) >= 11 is 0. The number of ether oxygens (including phenoxy) is 2. The molecule has 0 aliphatic heterocycles. The van der Waals surface area contributed by atoms with Crippen molar-refractivity contribution >= 4 is 17.4 Å². The van der Waals surface area contributed by atoms with Crippen molar-refractivity contribution in [3.8, 4) is 5.75 Å². The van der Waals surface area contributed by atoms with Gasteiger partial charge in [0.05, 0.1) is 12.0 Å². The van der Waals surface area contributed by atoms with Gasteiger partial charge < -0.3 is 9.47 Å². The van der Waals surface area contributed by atoms with Crippen LogP contribution in [0.25, 0.3) is 0 Å². The minimum Gasteiger partial charge on any atom is -0.496 e. The number of nitro groups is 1. The Hall–Kier alpha value is -3.22. The molecule has 0 fully saturated rings. The van der Waals surface area contributed by atoms with Gasteiger partial charge in [-0.2, -0.15) is 0 Å². The number of hydrogen-bond acceptors (Lipinski definition) is 6. The van der Waals surface area contributed by atoms with Gasteiger partial charge in [-0.1, -0.05) is 24.3 Å². The number of carbonyl (C=O) groups is 2. The number of benzene rings is 2. The largest absolute Gasteiger partial charge is 0.496 e. The Balaban J connectivity index is 2.09. The molecule has 7 heteroatoms. The molecule has 0 amide bonds. The summed E-state index contributed by atoms with van der Waals surface area (Å²) in [5.41, 5.74) is 0.599. The molecule has 0 aliphatic carbocycles. The maximum absolute atomic E-state index is 12.1. The molecule has 0 spiro atoms. The highest BCUT2D eigenvalue weighted by molar-refractivity contribution is 6.00. The Morgan fingerprint density at radius 2 is 1.88 bits per heavy atom. The normalized spacial score (nSPS) is 10.1. The van der Waals surface area contributed by atoms with E-state index in [0.29, 0.717) is 11.3 Å². The van der Waals surface area contributed by atoms with Crippen molar-refractivity contribution in [1.29, 1.82) is 0 Å². The molecule has 0 saturated heterocycles. The second-order valence-corrected chi connectivity index (χ2v) is 4.96. The second kappa shape index (κ2) is 7.36. The molecule has 2 aromatic rings. The highest BCUT2D eigenvalue weighted by Crippen LogP contribution is 2.21. The first-order chi connectivity index (χ1) is 11.4. The van der Waals surface area contributed by atoms with Gasteiger partial charge in [-0.05, 0) is 19.1 Å². The molecule has 0 aromatic heterocycles. The summed E-state index contributed by atoms with van der Waals surface area (Å²) in [6, 6.07) is 10.6. The van der Waals surface area contributed by atoms with Crippen LogP contribution in [0.2, 0.25) is 0 Å². The van der Waals surface area contributed by atoms with Crippen molar-refractivity contribution in [3.05, 3.63) is 69.3 Å². The van der Waals surface area contributed by atoms with E-state index < -0.39 is 23.3 Å². The minimum atomic E-state index is -0.706. The highest BCUT2D eigenvalue weighted by Gasteiger charge is 2.18. The zero-order valence-corrected chi connectivity index (χ0v) is 13.1. The Bertz CT molecular complexity index is 799. The molecular formula is C17H15NO6. The number of methoxy groups -OCH3 is 1. The maximum atomic E-state index is 12.1. The number of para-hydroxylation sites is 1. The third-order valence-corrected chi connectivity index (χ3v) is 3.39. The van der Waals surface area contributed by atoms with E-state index in [1.54, 1.807) is 25.1 Å². The summed E-state index contributed by atoms with van der Waals surface area (Å²) in [7, 11) is 1.42.